The van der Waals surface area contributed by atoms with Crippen LogP contribution in [0.3, 0.4) is 0 Å². The minimum absolute atomic E-state index is 0.171. The fourth-order valence-corrected chi connectivity index (χ4v) is 4.84. The number of thiazole rings is 1. The van der Waals surface area contributed by atoms with Crippen molar-refractivity contribution in [2.45, 2.75) is 13.0 Å². The summed E-state index contributed by atoms with van der Waals surface area (Å²) in [6, 6.07) is 7.05. The van der Waals surface area contributed by atoms with E-state index in [1.165, 1.54) is 29.8 Å². The van der Waals surface area contributed by atoms with Crippen molar-refractivity contribution in [3.05, 3.63) is 77.4 Å². The van der Waals surface area contributed by atoms with Gasteiger partial charge in [-0.15, -0.1) is 11.3 Å². The first kappa shape index (κ1) is 16.7. The van der Waals surface area contributed by atoms with Crippen LogP contribution in [0.1, 0.15) is 23.5 Å². The molecule has 1 N–H and O–H groups in total. The maximum absolute atomic E-state index is 13.1. The molecule has 0 amide bonds. The molecule has 0 bridgehead atoms. The number of hydrogen-bond donors (Lipinski definition) is 1. The van der Waals surface area contributed by atoms with E-state index in [0.717, 1.165) is 10.6 Å². The fourth-order valence-electron chi connectivity index (χ4n) is 2.98. The van der Waals surface area contributed by atoms with Gasteiger partial charge in [0.25, 0.3) is 5.56 Å². The second-order valence-electron chi connectivity index (χ2n) is 5.71. The zero-order chi connectivity index (χ0) is 18.3. The lowest BCUT2D eigenvalue weighted by molar-refractivity contribution is -0.136. The number of rotatable bonds is 3. The smallest absolute Gasteiger partial charge is 0.338 e. The van der Waals surface area contributed by atoms with Gasteiger partial charge >= 0.3 is 5.97 Å². The van der Waals surface area contributed by atoms with Crippen molar-refractivity contribution >= 4 is 34.7 Å². The van der Waals surface area contributed by atoms with Gasteiger partial charge in [0.1, 0.15) is 6.04 Å². The third-order valence-corrected chi connectivity index (χ3v) is 6.06. The quantitative estimate of drug-likeness (QED) is 0.699. The van der Waals surface area contributed by atoms with E-state index in [2.05, 4.69) is 9.98 Å². The summed E-state index contributed by atoms with van der Waals surface area (Å²) in [4.78, 5) is 34.6. The van der Waals surface area contributed by atoms with Gasteiger partial charge in [-0.2, -0.15) is 0 Å². The van der Waals surface area contributed by atoms with Gasteiger partial charge in [-0.1, -0.05) is 17.4 Å². The molecule has 0 radical (unpaired) electrons. The number of allylic oxidation sites excluding steroid dienone is 1. The molecule has 1 unspecified atom stereocenters. The normalized spacial score (nSPS) is 17.2. The van der Waals surface area contributed by atoms with Crippen LogP contribution in [-0.2, 0) is 9.53 Å². The Morgan fingerprint density at radius 3 is 2.88 bits per heavy atom. The molecule has 4 rings (SSSR count). The van der Waals surface area contributed by atoms with Gasteiger partial charge in [-0.05, 0) is 36.6 Å². The summed E-state index contributed by atoms with van der Waals surface area (Å²) in [7, 11) is 1.34. The average molecular weight is 385 g/mol. The molecule has 6 nitrogen and oxygen atoms in total. The Hall–Kier alpha value is -2.71. The number of carbonyl (C=O) groups is 1. The third-order valence-electron chi connectivity index (χ3n) is 4.15. The number of aromatic amines is 1. The lowest BCUT2D eigenvalue weighted by Crippen LogP contribution is -2.39. The molecule has 1 aliphatic rings. The Kier molecular flexibility index (Phi) is 4.21. The van der Waals surface area contributed by atoms with Gasteiger partial charge in [0.05, 0.1) is 22.9 Å². The molecule has 0 saturated carbocycles. The highest BCUT2D eigenvalue weighted by atomic mass is 32.1. The third kappa shape index (κ3) is 2.67. The minimum Gasteiger partial charge on any atom is -0.466 e. The largest absolute Gasteiger partial charge is 0.466 e. The summed E-state index contributed by atoms with van der Waals surface area (Å²) in [6.07, 6.45) is 3.60. The number of ether oxygens (including phenoxy) is 1. The number of nitrogens with zero attached hydrogens (tertiary/aromatic N) is 2. The zero-order valence-electron chi connectivity index (χ0n) is 14.1. The predicted molar refractivity (Wildman–Crippen MR) is 101 cm³/mol. The van der Waals surface area contributed by atoms with Gasteiger partial charge in [-0.25, -0.2) is 9.79 Å². The Bertz CT molecular complexity index is 1170. The van der Waals surface area contributed by atoms with Crippen LogP contribution >= 0.6 is 22.7 Å². The van der Waals surface area contributed by atoms with Crippen LogP contribution in [0.15, 0.2) is 56.9 Å². The summed E-state index contributed by atoms with van der Waals surface area (Å²) < 4.78 is 7.11. The van der Waals surface area contributed by atoms with Gasteiger partial charge in [-0.3, -0.25) is 9.36 Å². The standard InChI is InChI=1S/C18H15N3O3S2/c1-10-14(17(23)24-2)15(12-6-4-8-25-12)21-16(22)13(26-18(21)20-10)9-11-5-3-7-19-11/h3-9,15,19H,1-2H3. The Morgan fingerprint density at radius 1 is 1.38 bits per heavy atom. The molecule has 8 heteroatoms. The predicted octanol–water partition coefficient (Wildman–Crippen LogP) is 1.80. The van der Waals surface area contributed by atoms with Crippen molar-refractivity contribution in [1.29, 1.82) is 0 Å². The maximum Gasteiger partial charge on any atom is 0.338 e. The molecule has 3 aromatic heterocycles. The Morgan fingerprint density at radius 2 is 2.23 bits per heavy atom. The summed E-state index contributed by atoms with van der Waals surface area (Å²) in [5.41, 5.74) is 1.64. The van der Waals surface area contributed by atoms with Crippen LogP contribution in [0.25, 0.3) is 6.08 Å². The second kappa shape index (κ2) is 6.54. The highest BCUT2D eigenvalue weighted by Gasteiger charge is 2.33. The van der Waals surface area contributed by atoms with Gasteiger partial charge in [0.2, 0.25) is 0 Å². The van der Waals surface area contributed by atoms with Crippen molar-refractivity contribution in [2.24, 2.45) is 4.99 Å². The van der Waals surface area contributed by atoms with E-state index in [-0.39, 0.29) is 5.56 Å². The van der Waals surface area contributed by atoms with E-state index < -0.39 is 12.0 Å². The lowest BCUT2D eigenvalue weighted by atomic mass is 10.0. The first-order chi connectivity index (χ1) is 12.6. The number of nitrogens with one attached hydrogen (secondary N) is 1. The molecule has 3 aromatic rings. The SMILES string of the molecule is COC(=O)C1=C(C)N=c2sc(=Cc3ccc[nH]3)c(=O)n2C1c1cccs1. The molecule has 4 heterocycles. The van der Waals surface area contributed by atoms with E-state index in [0.29, 0.717) is 20.6 Å². The highest BCUT2D eigenvalue weighted by molar-refractivity contribution is 7.10. The summed E-state index contributed by atoms with van der Waals surface area (Å²) in [5.74, 6) is -0.469. The van der Waals surface area contributed by atoms with E-state index >= 15 is 0 Å². The van der Waals surface area contributed by atoms with E-state index in [1.54, 1.807) is 23.8 Å². The molecule has 0 saturated heterocycles. The van der Waals surface area contributed by atoms with Crippen molar-refractivity contribution in [3.63, 3.8) is 0 Å². The molecule has 26 heavy (non-hydrogen) atoms. The zero-order valence-corrected chi connectivity index (χ0v) is 15.7. The monoisotopic (exact) mass is 385 g/mol. The lowest BCUT2D eigenvalue weighted by Gasteiger charge is -2.22. The first-order valence-corrected chi connectivity index (χ1v) is 9.57. The van der Waals surface area contributed by atoms with Crippen LogP contribution in [-0.4, -0.2) is 22.6 Å². The molecule has 0 fully saturated rings. The fraction of sp³-hybridized carbons (Fsp3) is 0.167. The van der Waals surface area contributed by atoms with Gasteiger partial charge in [0, 0.05) is 16.8 Å². The van der Waals surface area contributed by atoms with E-state index in [9.17, 15) is 9.59 Å². The number of esters is 1. The number of aromatic nitrogens is 2. The topological polar surface area (TPSA) is 76.4 Å². The summed E-state index contributed by atoms with van der Waals surface area (Å²) in [5, 5.41) is 1.92. The van der Waals surface area contributed by atoms with Crippen LogP contribution in [0.4, 0.5) is 0 Å². The number of fused-ring (bicyclic) bond motifs is 1. The number of carbonyl (C=O) groups excluding carboxylic acids is 1. The van der Waals surface area contributed by atoms with Crippen LogP contribution in [0, 0.1) is 0 Å². The van der Waals surface area contributed by atoms with Gasteiger partial charge < -0.3 is 9.72 Å². The summed E-state index contributed by atoms with van der Waals surface area (Å²) >= 11 is 2.81. The van der Waals surface area contributed by atoms with Crippen LogP contribution in [0.2, 0.25) is 0 Å². The number of H-pyrrole nitrogens is 1. The number of methoxy groups -OCH3 is 1. The summed E-state index contributed by atoms with van der Waals surface area (Å²) in [6.45, 7) is 1.77. The van der Waals surface area contributed by atoms with Crippen molar-refractivity contribution in [1.82, 2.24) is 9.55 Å². The van der Waals surface area contributed by atoms with E-state index in [1.807, 2.05) is 29.6 Å². The Labute approximate surface area is 156 Å². The van der Waals surface area contributed by atoms with Crippen LogP contribution in [0.5, 0.6) is 0 Å². The first-order valence-electron chi connectivity index (χ1n) is 7.88. The molecule has 1 aliphatic heterocycles. The Balaban J connectivity index is 2.00. The average Bonchev–Trinajstić information content (AvgIpc) is 3.37. The molecule has 1 atom stereocenters. The molecule has 0 spiro atoms. The minimum atomic E-state index is -0.524. The number of hydrogen-bond acceptors (Lipinski definition) is 6. The second-order valence-corrected chi connectivity index (χ2v) is 7.70. The van der Waals surface area contributed by atoms with Crippen molar-refractivity contribution in [2.75, 3.05) is 7.11 Å². The molecule has 0 aliphatic carbocycles. The van der Waals surface area contributed by atoms with Crippen molar-refractivity contribution in [3.8, 4) is 0 Å². The molecular weight excluding hydrogens is 370 g/mol. The molecular formula is C18H15N3O3S2. The van der Waals surface area contributed by atoms with E-state index in [4.69, 9.17) is 4.74 Å². The van der Waals surface area contributed by atoms with Gasteiger partial charge in [0.15, 0.2) is 4.80 Å². The molecule has 132 valence electrons. The van der Waals surface area contributed by atoms with Crippen molar-refractivity contribution < 1.29 is 9.53 Å². The maximum atomic E-state index is 13.1. The number of thiophene rings is 1. The van der Waals surface area contributed by atoms with Crippen LogP contribution < -0.4 is 14.9 Å². The molecule has 0 aromatic carbocycles. The highest BCUT2D eigenvalue weighted by Crippen LogP contribution is 2.32.